The zero-order chi connectivity index (χ0) is 20.5. The van der Waals surface area contributed by atoms with Crippen LogP contribution in [0.15, 0.2) is 65.6 Å². The smallest absolute Gasteiger partial charge is 0.230 e. The number of carbonyl (C=O) groups is 1. The number of hydrogen-bond acceptors (Lipinski definition) is 5. The number of rotatable bonds is 6. The van der Waals surface area contributed by atoms with Crippen LogP contribution in [0.5, 0.6) is 0 Å². The third kappa shape index (κ3) is 8.89. The molecule has 0 aliphatic rings. The number of hydrogen-bond donors (Lipinski definition) is 2. The van der Waals surface area contributed by atoms with Crippen molar-refractivity contribution >= 4 is 37.4 Å². The minimum Gasteiger partial charge on any atom is -0.320 e. The molecule has 0 saturated heterocycles. The second-order valence-electron chi connectivity index (χ2n) is 6.54. The lowest BCUT2D eigenvalue weighted by Gasteiger charge is -2.16. The zero-order valence-corrected chi connectivity index (χ0v) is 17.6. The van der Waals surface area contributed by atoms with E-state index in [0.717, 1.165) is 16.4 Å². The van der Waals surface area contributed by atoms with Crippen molar-refractivity contribution in [3.05, 3.63) is 66.2 Å². The maximum Gasteiger partial charge on any atom is 0.230 e. The molecular formula is C19H25NO3S3. The van der Waals surface area contributed by atoms with E-state index < -0.39 is 14.9 Å². The standard InChI is InChI=1S/C10H14O2S2.C9H11NOS/c1-10(2,3)13-14(11,12)9-7-5-4-6-8-9;10-8(9(11)12)6-7-4-2-1-3-5-7/h4-8H,1-3H3;1-5,8H,6,10H2,(H,11,12)/t;8-/m.0/s1/i/hT. The predicted molar refractivity (Wildman–Crippen MR) is 113 cm³/mol. The van der Waals surface area contributed by atoms with Crippen LogP contribution in [-0.4, -0.2) is 24.3 Å². The summed E-state index contributed by atoms with van der Waals surface area (Å²) in [6.07, 6.45) is 0.507. The molecule has 0 spiro atoms. The van der Waals surface area contributed by atoms with E-state index in [2.05, 4.69) is 18.4 Å². The van der Waals surface area contributed by atoms with E-state index in [1.807, 2.05) is 51.1 Å². The summed E-state index contributed by atoms with van der Waals surface area (Å²) in [4.78, 5) is 11.2. The van der Waals surface area contributed by atoms with Gasteiger partial charge in [0.25, 0.3) is 0 Å². The van der Waals surface area contributed by atoms with Gasteiger partial charge in [0.05, 0.1) is 10.9 Å². The third-order valence-electron chi connectivity index (χ3n) is 2.97. The van der Waals surface area contributed by atoms with Gasteiger partial charge in [-0.2, -0.15) is 0 Å². The van der Waals surface area contributed by atoms with Gasteiger partial charge < -0.3 is 5.73 Å². The van der Waals surface area contributed by atoms with Crippen LogP contribution in [0.4, 0.5) is 0 Å². The molecule has 0 unspecified atom stereocenters. The number of nitrogens with two attached hydrogens (primary N) is 1. The van der Waals surface area contributed by atoms with Gasteiger partial charge in [0.2, 0.25) is 14.0 Å². The van der Waals surface area contributed by atoms with Crippen LogP contribution in [0.25, 0.3) is 0 Å². The second kappa shape index (κ2) is 10.2. The first-order chi connectivity index (χ1) is 12.5. The molecule has 0 amide bonds. The van der Waals surface area contributed by atoms with Crippen LogP contribution in [0.1, 0.15) is 26.3 Å². The Bertz CT molecular complexity index is 807. The van der Waals surface area contributed by atoms with Crippen molar-refractivity contribution in [2.45, 2.75) is 42.9 Å². The van der Waals surface area contributed by atoms with Crippen LogP contribution in [0, 0.1) is 0 Å². The molecule has 2 rings (SSSR count). The highest BCUT2D eigenvalue weighted by Gasteiger charge is 2.23. The highest BCUT2D eigenvalue weighted by molar-refractivity contribution is 8.72. The molecule has 2 N–H and O–H groups in total. The number of benzene rings is 2. The normalized spacial score (nSPS) is 13.2. The topological polar surface area (TPSA) is 77.2 Å². The third-order valence-corrected chi connectivity index (χ3v) is 7.59. The van der Waals surface area contributed by atoms with Gasteiger partial charge >= 0.3 is 0 Å². The summed E-state index contributed by atoms with van der Waals surface area (Å²) in [7, 11) is -2.22. The summed E-state index contributed by atoms with van der Waals surface area (Å²) < 4.78 is 30.3. The summed E-state index contributed by atoms with van der Waals surface area (Å²) in [6, 6.07) is 17.5. The van der Waals surface area contributed by atoms with Crippen molar-refractivity contribution in [3.63, 3.8) is 0 Å². The van der Waals surface area contributed by atoms with Gasteiger partial charge in [-0.15, -0.1) is 12.6 Å². The molecule has 0 bridgehead atoms. The first-order valence-electron chi connectivity index (χ1n) is 8.50. The number of carbonyl (C=O) groups excluding carboxylic acids is 1. The van der Waals surface area contributed by atoms with E-state index in [1.165, 1.54) is 0 Å². The van der Waals surface area contributed by atoms with Gasteiger partial charge in [-0.25, -0.2) is 8.42 Å². The lowest BCUT2D eigenvalue weighted by Crippen LogP contribution is -2.29. The van der Waals surface area contributed by atoms with Crippen molar-refractivity contribution in [2.24, 2.45) is 5.73 Å². The van der Waals surface area contributed by atoms with E-state index in [9.17, 15) is 13.2 Å². The van der Waals surface area contributed by atoms with Crippen LogP contribution in [0.2, 0.25) is 1.41 Å². The van der Waals surface area contributed by atoms with Gasteiger partial charge in [0.1, 0.15) is 1.41 Å². The van der Waals surface area contributed by atoms with Crippen molar-refractivity contribution in [1.82, 2.24) is 0 Å². The Morgan fingerprint density at radius 3 is 2.04 bits per heavy atom. The second-order valence-corrected chi connectivity index (χ2v) is 11.6. The predicted octanol–water partition coefficient (Wildman–Crippen LogP) is 3.92. The molecule has 7 heteroatoms. The molecule has 0 radical (unpaired) electrons. The molecule has 4 nitrogen and oxygen atoms in total. The van der Waals surface area contributed by atoms with E-state index in [0.29, 0.717) is 11.3 Å². The van der Waals surface area contributed by atoms with Gasteiger partial charge in [-0.05, 0) is 55.7 Å². The maximum absolute atomic E-state index is 11.8. The minimum atomic E-state index is -3.20. The Hall–Kier alpha value is -1.28. The van der Waals surface area contributed by atoms with Crippen LogP contribution in [0.3, 0.4) is 0 Å². The average Bonchev–Trinajstić information content (AvgIpc) is 2.59. The highest BCUT2D eigenvalue weighted by atomic mass is 33.1. The molecule has 26 heavy (non-hydrogen) atoms. The molecule has 1 atom stereocenters. The minimum absolute atomic E-state index is 0.283. The lowest BCUT2D eigenvalue weighted by molar-refractivity contribution is -0.111. The molecule has 0 saturated carbocycles. The highest BCUT2D eigenvalue weighted by Crippen LogP contribution is 2.33. The summed E-state index contributed by atoms with van der Waals surface area (Å²) in [5.41, 5.74) is 3.20. The molecule has 2 aromatic rings. The van der Waals surface area contributed by atoms with Crippen molar-refractivity contribution in [3.8, 4) is 0 Å². The van der Waals surface area contributed by atoms with Crippen LogP contribution in [-0.2, 0) is 20.1 Å². The summed E-state index contributed by atoms with van der Waals surface area (Å²) in [5, 5.41) is -0.307. The fourth-order valence-electron chi connectivity index (χ4n) is 1.90. The molecule has 0 fully saturated rings. The summed E-state index contributed by atoms with van der Waals surface area (Å²) in [6.45, 7) is 5.66. The van der Waals surface area contributed by atoms with E-state index in [4.69, 9.17) is 1.41 Å². The van der Waals surface area contributed by atoms with Gasteiger partial charge in [0, 0.05) is 4.75 Å². The number of thiol groups is 1. The Labute approximate surface area is 166 Å². The summed E-state index contributed by atoms with van der Waals surface area (Å²) >= 11 is 3.68. The molecule has 0 aliphatic carbocycles. The Kier molecular flexibility index (Phi) is 8.21. The quantitative estimate of drug-likeness (QED) is 0.554. The molecule has 2 aromatic carbocycles. The Morgan fingerprint density at radius 2 is 1.62 bits per heavy atom. The molecule has 0 aromatic heterocycles. The van der Waals surface area contributed by atoms with Gasteiger partial charge in [0.15, 0.2) is 0 Å². The van der Waals surface area contributed by atoms with E-state index in [1.54, 1.807) is 30.3 Å². The van der Waals surface area contributed by atoms with E-state index >= 15 is 0 Å². The Balaban J connectivity index is 0.000000271. The first-order valence-corrected chi connectivity index (χ1v) is 11.3. The molecular weight excluding hydrogens is 386 g/mol. The SMILES string of the molecule is CC(C)(C)SS(=O)(=O)c1ccccc1.[3H]N[C@@H](Cc1ccccc1)C(=O)S. The first kappa shape index (κ1) is 21.0. The fraction of sp³-hybridized carbons (Fsp3) is 0.316. The van der Waals surface area contributed by atoms with Crippen LogP contribution >= 0.6 is 23.4 Å². The lowest BCUT2D eigenvalue weighted by atomic mass is 10.1. The summed E-state index contributed by atoms with van der Waals surface area (Å²) in [5.74, 6) is 0. The average molecular weight is 414 g/mol. The van der Waals surface area contributed by atoms with Crippen LogP contribution < -0.4 is 5.73 Å². The largest absolute Gasteiger partial charge is 0.320 e. The molecule has 0 aliphatic heterocycles. The monoisotopic (exact) mass is 413 g/mol. The fourth-order valence-corrected chi connectivity index (χ4v) is 5.83. The van der Waals surface area contributed by atoms with Crippen molar-refractivity contribution < 1.29 is 14.6 Å². The van der Waals surface area contributed by atoms with Gasteiger partial charge in [-0.1, -0.05) is 48.5 Å². The zero-order valence-electron chi connectivity index (χ0n) is 16.0. The Morgan fingerprint density at radius 1 is 1.12 bits per heavy atom. The molecule has 0 heterocycles. The van der Waals surface area contributed by atoms with Crippen molar-refractivity contribution in [1.29, 1.82) is 0 Å². The van der Waals surface area contributed by atoms with Crippen molar-refractivity contribution in [2.75, 3.05) is 0 Å². The van der Waals surface area contributed by atoms with E-state index in [-0.39, 0.29) is 9.86 Å². The van der Waals surface area contributed by atoms with Gasteiger partial charge in [-0.3, -0.25) is 4.79 Å². The maximum atomic E-state index is 11.8. The molecule has 142 valence electrons.